The number of aryl methyl sites for hydroxylation is 2. The normalized spacial score (nSPS) is 20.2. The molecular formula is C42H45N7O6S. The van der Waals surface area contributed by atoms with E-state index in [-0.39, 0.29) is 38.1 Å². The van der Waals surface area contributed by atoms with Crippen molar-refractivity contribution in [3.63, 3.8) is 0 Å². The summed E-state index contributed by atoms with van der Waals surface area (Å²) in [7, 11) is 0. The molecule has 0 radical (unpaired) electrons. The van der Waals surface area contributed by atoms with Crippen LogP contribution in [0, 0.1) is 0 Å². The minimum absolute atomic E-state index is 0.0751. The van der Waals surface area contributed by atoms with Gasteiger partial charge in [-0.05, 0) is 65.8 Å². The standard InChI is InChI=1S/C42H45N7O6S/c50-38-16-8-7-14-32-26-49(48-47-32)27-37(42(54)55)46-39(51)34(22-19-28-10-3-1-4-11-28)44-40(52)35(45-41(53)36(43-38)25-33-15-9-23-56-33)24-29-17-20-31(21-18-29)30-12-5-2-6-13-30/h1-6,9-13,15,17-18,20-21,23,26,34-37H,7-8,14,16,19,22,24-25,27H2,(H,43,50)(H,44,52)(H,45,53)(H,46,51)(H,54,55)/t34-,35+,36-,37+/m1/s1. The second-order valence-corrected chi connectivity index (χ2v) is 14.9. The summed E-state index contributed by atoms with van der Waals surface area (Å²) in [6.45, 7) is -0.195. The van der Waals surface area contributed by atoms with Crippen molar-refractivity contribution in [2.75, 3.05) is 0 Å². The van der Waals surface area contributed by atoms with Gasteiger partial charge in [-0.2, -0.15) is 0 Å². The van der Waals surface area contributed by atoms with E-state index in [1.807, 2.05) is 102 Å². The quantitative estimate of drug-likeness (QED) is 0.150. The molecule has 4 amide bonds. The van der Waals surface area contributed by atoms with E-state index in [1.54, 1.807) is 6.20 Å². The highest BCUT2D eigenvalue weighted by atomic mass is 32.1. The van der Waals surface area contributed by atoms with Gasteiger partial charge in [-0.1, -0.05) is 96.2 Å². The summed E-state index contributed by atoms with van der Waals surface area (Å²) in [6, 6.07) is 26.0. The Morgan fingerprint density at radius 2 is 1.34 bits per heavy atom. The molecule has 13 nitrogen and oxygen atoms in total. The first kappa shape index (κ1) is 39.5. The van der Waals surface area contributed by atoms with Crippen molar-refractivity contribution in [2.45, 2.75) is 82.1 Å². The Balaban J connectivity index is 1.31. The summed E-state index contributed by atoms with van der Waals surface area (Å²) in [5.41, 5.74) is 4.28. The number of nitrogens with one attached hydrogen (secondary N) is 4. The third kappa shape index (κ3) is 11.4. The zero-order valence-corrected chi connectivity index (χ0v) is 31.6. The lowest BCUT2D eigenvalue weighted by Crippen LogP contribution is -2.58. The zero-order valence-electron chi connectivity index (χ0n) is 30.8. The molecule has 14 heteroatoms. The molecule has 0 unspecified atom stereocenters. The predicted octanol–water partition coefficient (Wildman–Crippen LogP) is 3.88. The molecule has 5 aromatic rings. The average molecular weight is 776 g/mol. The van der Waals surface area contributed by atoms with Crippen molar-refractivity contribution in [3.05, 3.63) is 130 Å². The van der Waals surface area contributed by atoms with Crippen molar-refractivity contribution in [3.8, 4) is 11.1 Å². The average Bonchev–Trinajstić information content (AvgIpc) is 3.90. The third-order valence-electron chi connectivity index (χ3n) is 9.63. The predicted molar refractivity (Wildman–Crippen MR) is 211 cm³/mol. The molecule has 1 aliphatic rings. The minimum atomic E-state index is -1.38. The summed E-state index contributed by atoms with van der Waals surface area (Å²) in [5.74, 6) is -3.47. The van der Waals surface area contributed by atoms with Gasteiger partial charge in [0.15, 0.2) is 0 Å². The summed E-state index contributed by atoms with van der Waals surface area (Å²) in [6.07, 6.45) is 4.22. The van der Waals surface area contributed by atoms with E-state index in [2.05, 4.69) is 31.6 Å². The monoisotopic (exact) mass is 775 g/mol. The second kappa shape index (κ2) is 19.4. The van der Waals surface area contributed by atoms with Crippen molar-refractivity contribution in [1.29, 1.82) is 0 Å². The summed E-state index contributed by atoms with van der Waals surface area (Å²) in [4.78, 5) is 68.9. The van der Waals surface area contributed by atoms with Gasteiger partial charge in [0, 0.05) is 30.3 Å². The summed E-state index contributed by atoms with van der Waals surface area (Å²) >= 11 is 1.46. The SMILES string of the molecule is O=C1CCCCc2cn(nn2)C[C@@H](C(=O)O)NC(=O)[C@@H](CCc2ccccc2)NC(=O)[C@H](Cc2ccc(-c3ccccc3)cc2)NC(=O)[C@@H](Cc2cccs2)N1. The highest BCUT2D eigenvalue weighted by Gasteiger charge is 2.32. The lowest BCUT2D eigenvalue weighted by atomic mass is 9.99. The van der Waals surface area contributed by atoms with Gasteiger partial charge in [0.25, 0.3) is 0 Å². The molecule has 1 aliphatic heterocycles. The molecule has 5 N–H and O–H groups in total. The number of thiophene rings is 1. The van der Waals surface area contributed by atoms with Crippen LogP contribution < -0.4 is 21.3 Å². The molecule has 4 atom stereocenters. The van der Waals surface area contributed by atoms with E-state index in [9.17, 15) is 29.1 Å². The van der Waals surface area contributed by atoms with E-state index in [0.29, 0.717) is 31.4 Å². The Morgan fingerprint density at radius 1 is 0.696 bits per heavy atom. The van der Waals surface area contributed by atoms with Crippen molar-refractivity contribution >= 4 is 40.9 Å². The first-order valence-corrected chi connectivity index (χ1v) is 19.6. The molecule has 0 aliphatic carbocycles. The minimum Gasteiger partial charge on any atom is -0.480 e. The molecule has 3 heterocycles. The van der Waals surface area contributed by atoms with Gasteiger partial charge >= 0.3 is 5.97 Å². The number of carbonyl (C=O) groups is 5. The number of carboxylic acid groups (broad SMARTS) is 1. The van der Waals surface area contributed by atoms with Crippen LogP contribution in [0.4, 0.5) is 0 Å². The largest absolute Gasteiger partial charge is 0.480 e. The van der Waals surface area contributed by atoms with Crippen LogP contribution in [0.3, 0.4) is 0 Å². The lowest BCUT2D eigenvalue weighted by Gasteiger charge is -2.26. The van der Waals surface area contributed by atoms with E-state index in [4.69, 9.17) is 0 Å². The number of aliphatic carboxylic acids is 1. The molecule has 0 saturated heterocycles. The van der Waals surface area contributed by atoms with E-state index < -0.39 is 47.9 Å². The van der Waals surface area contributed by atoms with Crippen LogP contribution in [0.15, 0.2) is 109 Å². The molecule has 3 aromatic carbocycles. The number of carboxylic acids is 1. The maximum absolute atomic E-state index is 14.4. The van der Waals surface area contributed by atoms with Gasteiger partial charge in [-0.3, -0.25) is 19.2 Å². The third-order valence-corrected chi connectivity index (χ3v) is 10.5. The molecule has 0 saturated carbocycles. The molecule has 2 aromatic heterocycles. The zero-order chi connectivity index (χ0) is 39.3. The molecule has 0 fully saturated rings. The van der Waals surface area contributed by atoms with E-state index >= 15 is 0 Å². The van der Waals surface area contributed by atoms with Crippen LogP contribution in [0.1, 0.15) is 47.4 Å². The first-order valence-electron chi connectivity index (χ1n) is 18.7. The fourth-order valence-corrected chi connectivity index (χ4v) is 7.31. The highest BCUT2D eigenvalue weighted by Crippen LogP contribution is 2.20. The molecule has 2 bridgehead atoms. The van der Waals surface area contributed by atoms with Crippen LogP contribution in [0.2, 0.25) is 0 Å². The number of amides is 4. The topological polar surface area (TPSA) is 184 Å². The van der Waals surface area contributed by atoms with Crippen molar-refractivity contribution < 1.29 is 29.1 Å². The van der Waals surface area contributed by atoms with Crippen LogP contribution in [-0.2, 0) is 56.2 Å². The number of hydrogen-bond acceptors (Lipinski definition) is 8. The number of hydrogen-bond donors (Lipinski definition) is 5. The lowest BCUT2D eigenvalue weighted by molar-refractivity contribution is -0.142. The molecular weight excluding hydrogens is 731 g/mol. The number of nitrogens with zero attached hydrogens (tertiary/aromatic N) is 3. The Bertz CT molecular complexity index is 2070. The smallest absolute Gasteiger partial charge is 0.328 e. The van der Waals surface area contributed by atoms with Crippen LogP contribution in [0.5, 0.6) is 0 Å². The number of rotatable bonds is 9. The maximum Gasteiger partial charge on any atom is 0.328 e. The summed E-state index contributed by atoms with van der Waals surface area (Å²) < 4.78 is 1.36. The molecule has 6 rings (SSSR count). The number of aromatic nitrogens is 3. The number of benzene rings is 3. The molecule has 56 heavy (non-hydrogen) atoms. The number of fused-ring (bicyclic) bond motifs is 2. The van der Waals surface area contributed by atoms with Gasteiger partial charge in [-0.25, -0.2) is 9.48 Å². The van der Waals surface area contributed by atoms with Crippen LogP contribution >= 0.6 is 11.3 Å². The Hall–Kier alpha value is -6.15. The first-order chi connectivity index (χ1) is 27.2. The van der Waals surface area contributed by atoms with Crippen LogP contribution in [-0.4, -0.2) is 73.9 Å². The van der Waals surface area contributed by atoms with E-state index in [1.165, 1.54) is 16.0 Å². The van der Waals surface area contributed by atoms with Gasteiger partial charge < -0.3 is 26.4 Å². The van der Waals surface area contributed by atoms with Crippen molar-refractivity contribution in [2.24, 2.45) is 0 Å². The van der Waals surface area contributed by atoms with Gasteiger partial charge in [0.05, 0.1) is 12.2 Å². The van der Waals surface area contributed by atoms with Gasteiger partial charge in [0.2, 0.25) is 23.6 Å². The fourth-order valence-electron chi connectivity index (χ4n) is 6.56. The van der Waals surface area contributed by atoms with Crippen molar-refractivity contribution in [1.82, 2.24) is 36.3 Å². The highest BCUT2D eigenvalue weighted by molar-refractivity contribution is 7.09. The second-order valence-electron chi connectivity index (χ2n) is 13.9. The Kier molecular flexibility index (Phi) is 13.7. The van der Waals surface area contributed by atoms with Crippen LogP contribution in [0.25, 0.3) is 11.1 Å². The summed E-state index contributed by atoms with van der Waals surface area (Å²) in [5, 5.41) is 31.4. The fraction of sp³-hybridized carbons (Fsp3) is 0.310. The van der Waals surface area contributed by atoms with Gasteiger partial charge in [-0.15, -0.1) is 16.4 Å². The Morgan fingerprint density at radius 3 is 2.04 bits per heavy atom. The molecule has 0 spiro atoms. The molecule has 290 valence electrons. The Labute approximate surface area is 328 Å². The van der Waals surface area contributed by atoms with E-state index in [0.717, 1.165) is 27.1 Å². The maximum atomic E-state index is 14.4. The number of carbonyl (C=O) groups excluding carboxylic acids is 4. The van der Waals surface area contributed by atoms with Gasteiger partial charge in [0.1, 0.15) is 24.2 Å².